The molecule has 1 nitrogen and oxygen atoms in total. The fourth-order valence-electron chi connectivity index (χ4n) is 1.88. The molecule has 1 N–H and O–H groups in total. The highest BCUT2D eigenvalue weighted by molar-refractivity contribution is 7.10. The number of thiophene rings is 1. The SMILES string of the molecule is CNC1CCCc2ccsc2C1.Cl. The zero-order valence-electron chi connectivity index (χ0n) is 7.88. The van der Waals surface area contributed by atoms with Gasteiger partial charge < -0.3 is 5.32 Å². The minimum absolute atomic E-state index is 0. The predicted molar refractivity (Wildman–Crippen MR) is 61.1 cm³/mol. The van der Waals surface area contributed by atoms with Gasteiger partial charge in [-0.25, -0.2) is 0 Å². The first-order valence-electron chi connectivity index (χ1n) is 4.62. The van der Waals surface area contributed by atoms with Crippen LogP contribution in [0, 0.1) is 0 Å². The lowest BCUT2D eigenvalue weighted by molar-refractivity contribution is 0.519. The Morgan fingerprint density at radius 3 is 3.15 bits per heavy atom. The summed E-state index contributed by atoms with van der Waals surface area (Å²) >= 11 is 1.92. The van der Waals surface area contributed by atoms with Gasteiger partial charge in [0.2, 0.25) is 0 Å². The van der Waals surface area contributed by atoms with Crippen molar-refractivity contribution in [3.05, 3.63) is 21.9 Å². The zero-order valence-corrected chi connectivity index (χ0v) is 9.51. The van der Waals surface area contributed by atoms with Gasteiger partial charge in [0.25, 0.3) is 0 Å². The normalized spacial score (nSPS) is 21.5. The summed E-state index contributed by atoms with van der Waals surface area (Å²) in [6.07, 6.45) is 5.20. The van der Waals surface area contributed by atoms with Gasteiger partial charge in [-0.2, -0.15) is 0 Å². The second-order valence-electron chi connectivity index (χ2n) is 3.45. The van der Waals surface area contributed by atoms with Crippen molar-refractivity contribution in [1.82, 2.24) is 5.32 Å². The number of hydrogen-bond donors (Lipinski definition) is 1. The fraction of sp³-hybridized carbons (Fsp3) is 0.600. The van der Waals surface area contributed by atoms with E-state index in [0.29, 0.717) is 6.04 Å². The summed E-state index contributed by atoms with van der Waals surface area (Å²) in [6, 6.07) is 3.00. The predicted octanol–water partition coefficient (Wildman–Crippen LogP) is 2.64. The van der Waals surface area contributed by atoms with Crippen molar-refractivity contribution >= 4 is 23.7 Å². The van der Waals surface area contributed by atoms with Crippen LogP contribution in [-0.4, -0.2) is 13.1 Å². The van der Waals surface area contributed by atoms with Crippen LogP contribution in [0.3, 0.4) is 0 Å². The van der Waals surface area contributed by atoms with Crippen molar-refractivity contribution in [2.24, 2.45) is 0 Å². The van der Waals surface area contributed by atoms with Crippen LogP contribution in [0.25, 0.3) is 0 Å². The first kappa shape index (κ1) is 11.0. The van der Waals surface area contributed by atoms with Crippen LogP contribution in [0.1, 0.15) is 23.3 Å². The quantitative estimate of drug-likeness (QED) is 0.714. The molecule has 74 valence electrons. The maximum atomic E-state index is 3.38. The summed E-state index contributed by atoms with van der Waals surface area (Å²) < 4.78 is 0. The lowest BCUT2D eigenvalue weighted by Crippen LogP contribution is -2.26. The van der Waals surface area contributed by atoms with E-state index in [1.54, 1.807) is 10.4 Å². The Morgan fingerprint density at radius 2 is 2.38 bits per heavy atom. The molecule has 1 aliphatic carbocycles. The Labute approximate surface area is 90.0 Å². The molecule has 1 unspecified atom stereocenters. The van der Waals surface area contributed by atoms with Crippen LogP contribution >= 0.6 is 23.7 Å². The Bertz CT molecular complexity index is 259. The molecular weight excluding hydrogens is 202 g/mol. The zero-order chi connectivity index (χ0) is 8.39. The van der Waals surface area contributed by atoms with Gasteiger partial charge in [-0.05, 0) is 49.7 Å². The first-order valence-corrected chi connectivity index (χ1v) is 5.50. The molecule has 0 spiro atoms. The highest BCUT2D eigenvalue weighted by Crippen LogP contribution is 2.25. The van der Waals surface area contributed by atoms with Crippen LogP contribution in [0.2, 0.25) is 0 Å². The van der Waals surface area contributed by atoms with Crippen molar-refractivity contribution in [1.29, 1.82) is 0 Å². The molecule has 13 heavy (non-hydrogen) atoms. The molecule has 1 heterocycles. The van der Waals surface area contributed by atoms with Gasteiger partial charge in [-0.15, -0.1) is 23.7 Å². The number of hydrogen-bond acceptors (Lipinski definition) is 2. The second kappa shape index (κ2) is 4.99. The molecule has 0 radical (unpaired) electrons. The third-order valence-corrected chi connectivity index (χ3v) is 3.66. The van der Waals surface area contributed by atoms with Crippen LogP contribution in [-0.2, 0) is 12.8 Å². The van der Waals surface area contributed by atoms with Gasteiger partial charge in [-0.1, -0.05) is 0 Å². The van der Waals surface area contributed by atoms with E-state index in [2.05, 4.69) is 23.8 Å². The van der Waals surface area contributed by atoms with Crippen molar-refractivity contribution in [2.75, 3.05) is 7.05 Å². The maximum Gasteiger partial charge on any atom is 0.0113 e. The van der Waals surface area contributed by atoms with E-state index in [1.807, 2.05) is 11.3 Å². The summed E-state index contributed by atoms with van der Waals surface area (Å²) in [4.78, 5) is 1.60. The Kier molecular flexibility index (Phi) is 4.23. The number of aryl methyl sites for hydroxylation is 1. The number of halogens is 1. The molecule has 0 fully saturated rings. The van der Waals surface area contributed by atoms with Crippen LogP contribution in [0.15, 0.2) is 11.4 Å². The van der Waals surface area contributed by atoms with E-state index in [9.17, 15) is 0 Å². The monoisotopic (exact) mass is 217 g/mol. The average Bonchev–Trinajstić information content (AvgIpc) is 2.43. The van der Waals surface area contributed by atoms with Gasteiger partial charge in [0.15, 0.2) is 0 Å². The fourth-order valence-corrected chi connectivity index (χ4v) is 2.90. The van der Waals surface area contributed by atoms with Gasteiger partial charge in [-0.3, -0.25) is 0 Å². The number of likely N-dealkylation sites (N-methyl/N-ethyl adjacent to an activating group) is 1. The van der Waals surface area contributed by atoms with E-state index in [-0.39, 0.29) is 12.4 Å². The van der Waals surface area contributed by atoms with Crippen molar-refractivity contribution in [3.8, 4) is 0 Å². The first-order chi connectivity index (χ1) is 5.90. The van der Waals surface area contributed by atoms with Crippen LogP contribution < -0.4 is 5.32 Å². The lowest BCUT2D eigenvalue weighted by atomic mass is 10.1. The molecule has 3 heteroatoms. The minimum Gasteiger partial charge on any atom is -0.317 e. The second-order valence-corrected chi connectivity index (χ2v) is 4.45. The standard InChI is InChI=1S/C10H15NS.ClH/c1-11-9-4-2-3-8-5-6-12-10(8)7-9;/h5-6,9,11H,2-4,7H2,1H3;1H. The van der Waals surface area contributed by atoms with E-state index in [4.69, 9.17) is 0 Å². The minimum atomic E-state index is 0. The van der Waals surface area contributed by atoms with Crippen LogP contribution in [0.4, 0.5) is 0 Å². The molecule has 0 aromatic carbocycles. The molecule has 0 bridgehead atoms. The van der Waals surface area contributed by atoms with E-state index in [1.165, 1.54) is 25.7 Å². The van der Waals surface area contributed by atoms with E-state index in [0.717, 1.165) is 0 Å². The maximum absolute atomic E-state index is 3.38. The Morgan fingerprint density at radius 1 is 1.54 bits per heavy atom. The smallest absolute Gasteiger partial charge is 0.0113 e. The number of nitrogens with one attached hydrogen (secondary N) is 1. The highest BCUT2D eigenvalue weighted by Gasteiger charge is 2.15. The van der Waals surface area contributed by atoms with Crippen LogP contribution in [0.5, 0.6) is 0 Å². The molecule has 0 saturated carbocycles. The third-order valence-electron chi connectivity index (χ3n) is 2.68. The number of rotatable bonds is 1. The average molecular weight is 218 g/mol. The molecule has 2 rings (SSSR count). The van der Waals surface area contributed by atoms with Gasteiger partial charge >= 0.3 is 0 Å². The molecule has 1 atom stereocenters. The summed E-state index contributed by atoms with van der Waals surface area (Å²) in [5.41, 5.74) is 1.60. The van der Waals surface area contributed by atoms with E-state index >= 15 is 0 Å². The summed E-state index contributed by atoms with van der Waals surface area (Å²) in [7, 11) is 2.07. The molecule has 0 aliphatic heterocycles. The molecule has 1 aliphatic rings. The number of fused-ring (bicyclic) bond motifs is 1. The van der Waals surface area contributed by atoms with Gasteiger partial charge in [0.1, 0.15) is 0 Å². The molecule has 0 amide bonds. The molecule has 1 aromatic heterocycles. The summed E-state index contributed by atoms with van der Waals surface area (Å²) in [5.74, 6) is 0. The largest absolute Gasteiger partial charge is 0.317 e. The van der Waals surface area contributed by atoms with Crippen molar-refractivity contribution in [2.45, 2.75) is 31.7 Å². The topological polar surface area (TPSA) is 12.0 Å². The third kappa shape index (κ3) is 2.46. The highest BCUT2D eigenvalue weighted by atomic mass is 35.5. The van der Waals surface area contributed by atoms with Gasteiger partial charge in [0.05, 0.1) is 0 Å². The summed E-state index contributed by atoms with van der Waals surface area (Å²) in [6.45, 7) is 0. The molecule has 0 saturated heterocycles. The molecular formula is C10H16ClNS. The molecule has 1 aromatic rings. The van der Waals surface area contributed by atoms with Gasteiger partial charge in [0, 0.05) is 10.9 Å². The van der Waals surface area contributed by atoms with Crippen molar-refractivity contribution in [3.63, 3.8) is 0 Å². The van der Waals surface area contributed by atoms with Crippen molar-refractivity contribution < 1.29 is 0 Å². The summed E-state index contributed by atoms with van der Waals surface area (Å²) in [5, 5.41) is 5.61. The Hall–Kier alpha value is -0.0500. The van der Waals surface area contributed by atoms with E-state index < -0.39 is 0 Å². The lowest BCUT2D eigenvalue weighted by Gasteiger charge is -2.11. The Balaban J connectivity index is 0.000000845.